The van der Waals surface area contributed by atoms with Crippen LogP contribution < -0.4 is 11.3 Å². The van der Waals surface area contributed by atoms with E-state index in [0.29, 0.717) is 11.4 Å². The summed E-state index contributed by atoms with van der Waals surface area (Å²) in [6.45, 7) is 1.60. The van der Waals surface area contributed by atoms with E-state index in [0.717, 1.165) is 31.7 Å². The number of halogens is 2. The van der Waals surface area contributed by atoms with E-state index in [2.05, 4.69) is 10.4 Å². The van der Waals surface area contributed by atoms with E-state index in [9.17, 15) is 8.78 Å². The molecule has 3 nitrogen and oxygen atoms in total. The number of nitrogens with zero attached hydrogens (tertiary/aromatic N) is 1. The molecule has 2 rings (SSSR count). The van der Waals surface area contributed by atoms with Crippen LogP contribution in [0.15, 0.2) is 17.1 Å². The van der Waals surface area contributed by atoms with Crippen molar-refractivity contribution in [2.75, 3.05) is 0 Å². The molecule has 1 aliphatic rings. The predicted octanol–water partition coefficient (Wildman–Crippen LogP) is 3.21. The molecule has 0 atom stereocenters. The number of benzene rings is 1. The number of amidine groups is 1. The van der Waals surface area contributed by atoms with Crippen LogP contribution in [-0.2, 0) is 0 Å². The maximum absolute atomic E-state index is 13.9. The Morgan fingerprint density at radius 1 is 1.15 bits per heavy atom. The number of rotatable bonds is 2. The van der Waals surface area contributed by atoms with E-state index >= 15 is 0 Å². The molecular formula is C15H21F2N3. The lowest BCUT2D eigenvalue weighted by molar-refractivity contribution is 0.570. The van der Waals surface area contributed by atoms with Gasteiger partial charge in [0.25, 0.3) is 0 Å². The number of hydrazine groups is 1. The Balaban J connectivity index is 2.29. The highest BCUT2D eigenvalue weighted by Gasteiger charge is 2.16. The van der Waals surface area contributed by atoms with Crippen LogP contribution in [-0.4, -0.2) is 11.9 Å². The molecule has 1 fully saturated rings. The van der Waals surface area contributed by atoms with Gasteiger partial charge in [-0.3, -0.25) is 4.99 Å². The van der Waals surface area contributed by atoms with E-state index in [1.54, 1.807) is 6.92 Å². The van der Waals surface area contributed by atoms with Gasteiger partial charge in [0, 0.05) is 6.07 Å². The molecule has 1 saturated carbocycles. The molecule has 20 heavy (non-hydrogen) atoms. The Hall–Kier alpha value is -1.49. The zero-order valence-electron chi connectivity index (χ0n) is 11.8. The van der Waals surface area contributed by atoms with Gasteiger partial charge < -0.3 is 5.43 Å². The van der Waals surface area contributed by atoms with Crippen molar-refractivity contribution < 1.29 is 8.78 Å². The van der Waals surface area contributed by atoms with Crippen molar-refractivity contribution in [1.29, 1.82) is 0 Å². The van der Waals surface area contributed by atoms with Gasteiger partial charge in [-0.25, -0.2) is 14.6 Å². The third-order valence-electron chi connectivity index (χ3n) is 3.78. The highest BCUT2D eigenvalue weighted by Crippen LogP contribution is 2.21. The summed E-state index contributed by atoms with van der Waals surface area (Å²) in [7, 11) is 0. The first-order valence-corrected chi connectivity index (χ1v) is 7.12. The predicted molar refractivity (Wildman–Crippen MR) is 76.4 cm³/mol. The topological polar surface area (TPSA) is 50.4 Å². The smallest absolute Gasteiger partial charge is 0.145 e. The molecule has 1 aromatic rings. The molecule has 0 aromatic heterocycles. The van der Waals surface area contributed by atoms with Gasteiger partial charge in [0.2, 0.25) is 0 Å². The van der Waals surface area contributed by atoms with Crippen molar-refractivity contribution in [3.05, 3.63) is 34.9 Å². The normalized spacial score (nSPS) is 17.9. The minimum absolute atomic E-state index is 0.160. The largest absolute Gasteiger partial charge is 0.308 e. The molecule has 0 bridgehead atoms. The fourth-order valence-corrected chi connectivity index (χ4v) is 2.59. The van der Waals surface area contributed by atoms with E-state index < -0.39 is 11.6 Å². The third-order valence-corrected chi connectivity index (χ3v) is 3.78. The first-order valence-electron chi connectivity index (χ1n) is 7.12. The number of nitrogens with one attached hydrogen (secondary N) is 1. The molecule has 0 spiro atoms. The molecule has 0 saturated heterocycles. The molecule has 0 amide bonds. The van der Waals surface area contributed by atoms with Crippen molar-refractivity contribution in [3.8, 4) is 0 Å². The van der Waals surface area contributed by atoms with Gasteiger partial charge in [-0.15, -0.1) is 0 Å². The molecule has 5 heteroatoms. The number of hydrogen-bond donors (Lipinski definition) is 2. The molecule has 0 heterocycles. The SMILES string of the molecule is Cc1cc(C(=NC2CCCCCC2)NN)c(F)cc1F. The number of aryl methyl sites for hydroxylation is 1. The van der Waals surface area contributed by atoms with Crippen molar-refractivity contribution in [2.24, 2.45) is 10.8 Å². The summed E-state index contributed by atoms with van der Waals surface area (Å²) in [5.41, 5.74) is 3.07. The Kier molecular flexibility index (Phi) is 5.06. The lowest BCUT2D eigenvalue weighted by atomic mass is 10.1. The minimum Gasteiger partial charge on any atom is -0.308 e. The fourth-order valence-electron chi connectivity index (χ4n) is 2.59. The van der Waals surface area contributed by atoms with Gasteiger partial charge >= 0.3 is 0 Å². The second-order valence-corrected chi connectivity index (χ2v) is 5.35. The molecule has 1 aliphatic carbocycles. The molecule has 3 N–H and O–H groups in total. The van der Waals surface area contributed by atoms with Gasteiger partial charge in [-0.1, -0.05) is 25.7 Å². The number of nitrogens with two attached hydrogens (primary N) is 1. The Morgan fingerprint density at radius 2 is 1.80 bits per heavy atom. The zero-order chi connectivity index (χ0) is 14.5. The van der Waals surface area contributed by atoms with Gasteiger partial charge in [-0.05, 0) is 31.4 Å². The highest BCUT2D eigenvalue weighted by molar-refractivity contribution is 5.98. The van der Waals surface area contributed by atoms with E-state index in [1.165, 1.54) is 18.9 Å². The number of aliphatic imine (C=N–C) groups is 1. The van der Waals surface area contributed by atoms with Crippen LogP contribution in [0, 0.1) is 18.6 Å². The van der Waals surface area contributed by atoms with Crippen LogP contribution in [0.3, 0.4) is 0 Å². The molecule has 0 unspecified atom stereocenters. The van der Waals surface area contributed by atoms with Crippen LogP contribution in [0.1, 0.15) is 49.7 Å². The number of hydrogen-bond acceptors (Lipinski definition) is 2. The van der Waals surface area contributed by atoms with Gasteiger partial charge in [-0.2, -0.15) is 0 Å². The minimum atomic E-state index is -0.640. The van der Waals surface area contributed by atoms with E-state index in [-0.39, 0.29) is 11.6 Å². The first-order chi connectivity index (χ1) is 9.61. The van der Waals surface area contributed by atoms with Crippen LogP contribution in [0.4, 0.5) is 8.78 Å². The summed E-state index contributed by atoms with van der Waals surface area (Å²) >= 11 is 0. The monoisotopic (exact) mass is 281 g/mol. The average Bonchev–Trinajstić information content (AvgIpc) is 2.69. The standard InChI is InChI=1S/C15H21F2N3/c1-10-8-12(14(17)9-13(10)16)15(20-18)19-11-6-4-2-3-5-7-11/h8-9,11H,2-7,18H2,1H3,(H,19,20). The summed E-state index contributed by atoms with van der Waals surface area (Å²) in [6, 6.07) is 2.48. The summed E-state index contributed by atoms with van der Waals surface area (Å²) in [5, 5.41) is 0. The molecular weight excluding hydrogens is 260 g/mol. The average molecular weight is 281 g/mol. The molecule has 110 valence electrons. The fraction of sp³-hybridized carbons (Fsp3) is 0.533. The zero-order valence-corrected chi connectivity index (χ0v) is 11.8. The van der Waals surface area contributed by atoms with Crippen molar-refractivity contribution in [2.45, 2.75) is 51.5 Å². The Morgan fingerprint density at radius 3 is 2.40 bits per heavy atom. The van der Waals surface area contributed by atoms with Crippen LogP contribution in [0.25, 0.3) is 0 Å². The summed E-state index contributed by atoms with van der Waals surface area (Å²) in [5.74, 6) is 4.58. The lowest BCUT2D eigenvalue weighted by Gasteiger charge is -2.14. The summed E-state index contributed by atoms with van der Waals surface area (Å²) in [4.78, 5) is 4.53. The molecule has 0 aliphatic heterocycles. The quantitative estimate of drug-likeness (QED) is 0.287. The Labute approximate surface area is 118 Å². The van der Waals surface area contributed by atoms with Crippen LogP contribution >= 0.6 is 0 Å². The second-order valence-electron chi connectivity index (χ2n) is 5.35. The van der Waals surface area contributed by atoms with E-state index in [4.69, 9.17) is 5.84 Å². The van der Waals surface area contributed by atoms with Crippen molar-refractivity contribution >= 4 is 5.84 Å². The van der Waals surface area contributed by atoms with Crippen LogP contribution in [0.2, 0.25) is 0 Å². The maximum Gasteiger partial charge on any atom is 0.145 e. The second kappa shape index (κ2) is 6.79. The maximum atomic E-state index is 13.9. The lowest BCUT2D eigenvalue weighted by Crippen LogP contribution is -2.33. The molecule has 1 aromatic carbocycles. The third kappa shape index (κ3) is 3.54. The summed E-state index contributed by atoms with van der Waals surface area (Å²) < 4.78 is 27.2. The molecule has 0 radical (unpaired) electrons. The van der Waals surface area contributed by atoms with Gasteiger partial charge in [0.05, 0.1) is 11.6 Å². The van der Waals surface area contributed by atoms with Crippen molar-refractivity contribution in [1.82, 2.24) is 5.43 Å². The van der Waals surface area contributed by atoms with Gasteiger partial charge in [0.1, 0.15) is 17.5 Å². The first kappa shape index (κ1) is 14.9. The van der Waals surface area contributed by atoms with Crippen LogP contribution in [0.5, 0.6) is 0 Å². The van der Waals surface area contributed by atoms with Crippen molar-refractivity contribution in [3.63, 3.8) is 0 Å². The highest BCUT2D eigenvalue weighted by atomic mass is 19.1. The van der Waals surface area contributed by atoms with E-state index in [1.807, 2.05) is 0 Å². The van der Waals surface area contributed by atoms with Gasteiger partial charge in [0.15, 0.2) is 0 Å². The Bertz CT molecular complexity index is 492. The summed E-state index contributed by atoms with van der Waals surface area (Å²) in [6.07, 6.45) is 6.71.